The van der Waals surface area contributed by atoms with Gasteiger partial charge in [-0.2, -0.15) is 0 Å². The first kappa shape index (κ1) is 16.1. The SMILES string of the molecule is CC1CCCN(C(=O)N2CCC(OCCC(=O)O)CC2)C1. The number of hydrogen-bond donors (Lipinski definition) is 1. The fourth-order valence-corrected chi connectivity index (χ4v) is 3.09. The Labute approximate surface area is 126 Å². The molecule has 1 atom stereocenters. The van der Waals surface area contributed by atoms with Gasteiger partial charge in [0, 0.05) is 26.2 Å². The molecule has 2 amide bonds. The first-order chi connectivity index (χ1) is 10.1. The van der Waals surface area contributed by atoms with Gasteiger partial charge in [-0.15, -0.1) is 0 Å². The predicted molar refractivity (Wildman–Crippen MR) is 78.2 cm³/mol. The summed E-state index contributed by atoms with van der Waals surface area (Å²) in [5.41, 5.74) is 0. The van der Waals surface area contributed by atoms with Crippen LogP contribution < -0.4 is 0 Å². The van der Waals surface area contributed by atoms with Gasteiger partial charge in [0.25, 0.3) is 0 Å². The van der Waals surface area contributed by atoms with Crippen LogP contribution in [0.1, 0.15) is 39.0 Å². The molecule has 2 heterocycles. The lowest BCUT2D eigenvalue weighted by molar-refractivity contribution is -0.138. The third-order valence-corrected chi connectivity index (χ3v) is 4.31. The number of carbonyl (C=O) groups is 2. The Balaban J connectivity index is 1.70. The number of hydrogen-bond acceptors (Lipinski definition) is 3. The second kappa shape index (κ2) is 7.64. The van der Waals surface area contributed by atoms with Gasteiger partial charge in [0.1, 0.15) is 0 Å². The largest absolute Gasteiger partial charge is 0.481 e. The summed E-state index contributed by atoms with van der Waals surface area (Å²) in [6.45, 7) is 5.62. The summed E-state index contributed by atoms with van der Waals surface area (Å²) in [6.07, 6.45) is 4.05. The number of carbonyl (C=O) groups excluding carboxylic acids is 1. The smallest absolute Gasteiger partial charge is 0.320 e. The molecule has 2 saturated heterocycles. The quantitative estimate of drug-likeness (QED) is 0.859. The molecule has 0 aliphatic carbocycles. The maximum atomic E-state index is 12.4. The van der Waals surface area contributed by atoms with Crippen LogP contribution in [0.2, 0.25) is 0 Å². The van der Waals surface area contributed by atoms with E-state index in [1.807, 2.05) is 9.80 Å². The average Bonchev–Trinajstić information content (AvgIpc) is 2.47. The summed E-state index contributed by atoms with van der Waals surface area (Å²) in [7, 11) is 0. The molecule has 0 radical (unpaired) electrons. The number of carboxylic acids is 1. The van der Waals surface area contributed by atoms with E-state index in [9.17, 15) is 9.59 Å². The summed E-state index contributed by atoms with van der Waals surface area (Å²) in [5, 5.41) is 8.59. The number of amides is 2. The molecule has 0 aromatic carbocycles. The van der Waals surface area contributed by atoms with E-state index < -0.39 is 5.97 Å². The molecule has 120 valence electrons. The molecule has 6 heteroatoms. The number of piperidine rings is 2. The van der Waals surface area contributed by atoms with Gasteiger partial charge in [-0.1, -0.05) is 6.92 Å². The molecule has 1 unspecified atom stereocenters. The lowest BCUT2D eigenvalue weighted by Gasteiger charge is -2.38. The number of rotatable bonds is 4. The number of ether oxygens (including phenoxy) is 1. The minimum atomic E-state index is -0.832. The maximum Gasteiger partial charge on any atom is 0.320 e. The zero-order chi connectivity index (χ0) is 15.2. The van der Waals surface area contributed by atoms with E-state index in [1.165, 1.54) is 6.42 Å². The van der Waals surface area contributed by atoms with Gasteiger partial charge < -0.3 is 19.6 Å². The minimum Gasteiger partial charge on any atom is -0.481 e. The summed E-state index contributed by atoms with van der Waals surface area (Å²) < 4.78 is 5.55. The third-order valence-electron chi connectivity index (χ3n) is 4.31. The van der Waals surface area contributed by atoms with E-state index in [0.29, 0.717) is 19.0 Å². The normalized spacial score (nSPS) is 24.1. The molecule has 0 saturated carbocycles. The van der Waals surface area contributed by atoms with Gasteiger partial charge in [-0.25, -0.2) is 4.79 Å². The molecule has 6 nitrogen and oxygen atoms in total. The van der Waals surface area contributed by atoms with Gasteiger partial charge >= 0.3 is 12.0 Å². The van der Waals surface area contributed by atoms with E-state index in [2.05, 4.69) is 6.92 Å². The van der Waals surface area contributed by atoms with Crippen LogP contribution in [-0.4, -0.2) is 65.8 Å². The van der Waals surface area contributed by atoms with Crippen LogP contribution in [-0.2, 0) is 9.53 Å². The van der Waals surface area contributed by atoms with E-state index in [-0.39, 0.29) is 25.2 Å². The Morgan fingerprint density at radius 2 is 1.86 bits per heavy atom. The van der Waals surface area contributed by atoms with Crippen molar-refractivity contribution in [2.45, 2.75) is 45.1 Å². The molecule has 0 spiro atoms. The van der Waals surface area contributed by atoms with Crippen molar-refractivity contribution in [2.75, 3.05) is 32.8 Å². The fraction of sp³-hybridized carbons (Fsp3) is 0.867. The van der Waals surface area contributed by atoms with E-state index in [1.54, 1.807) is 0 Å². The molecule has 0 bridgehead atoms. The van der Waals surface area contributed by atoms with Crippen LogP contribution in [0.5, 0.6) is 0 Å². The Hall–Kier alpha value is -1.30. The highest BCUT2D eigenvalue weighted by Gasteiger charge is 2.28. The van der Waals surface area contributed by atoms with Crippen LogP contribution in [0.25, 0.3) is 0 Å². The highest BCUT2D eigenvalue weighted by molar-refractivity contribution is 5.74. The van der Waals surface area contributed by atoms with Crippen molar-refractivity contribution >= 4 is 12.0 Å². The molecular weight excluding hydrogens is 272 g/mol. The van der Waals surface area contributed by atoms with E-state index in [4.69, 9.17) is 9.84 Å². The monoisotopic (exact) mass is 298 g/mol. The maximum absolute atomic E-state index is 12.4. The zero-order valence-electron chi connectivity index (χ0n) is 12.8. The zero-order valence-corrected chi connectivity index (χ0v) is 12.8. The number of urea groups is 1. The lowest BCUT2D eigenvalue weighted by Crippen LogP contribution is -2.50. The van der Waals surface area contributed by atoms with Crippen molar-refractivity contribution in [3.8, 4) is 0 Å². The molecule has 2 aliphatic heterocycles. The molecule has 2 aliphatic rings. The van der Waals surface area contributed by atoms with Gasteiger partial charge in [-0.3, -0.25) is 4.79 Å². The fourth-order valence-electron chi connectivity index (χ4n) is 3.09. The second-order valence-corrected chi connectivity index (χ2v) is 6.18. The molecule has 2 fully saturated rings. The van der Waals surface area contributed by atoms with Crippen LogP contribution >= 0.6 is 0 Å². The average molecular weight is 298 g/mol. The highest BCUT2D eigenvalue weighted by atomic mass is 16.5. The van der Waals surface area contributed by atoms with Gasteiger partial charge in [0.15, 0.2) is 0 Å². The number of likely N-dealkylation sites (tertiary alicyclic amines) is 2. The summed E-state index contributed by atoms with van der Waals surface area (Å²) in [4.78, 5) is 26.8. The minimum absolute atomic E-state index is 0.0464. The van der Waals surface area contributed by atoms with Crippen LogP contribution in [0.4, 0.5) is 4.79 Å². The third kappa shape index (κ3) is 4.88. The molecule has 1 N–H and O–H groups in total. The summed E-state index contributed by atoms with van der Waals surface area (Å²) in [6, 6.07) is 0.158. The molecular formula is C15H26N2O4. The predicted octanol–water partition coefficient (Wildman–Crippen LogP) is 1.79. The number of aliphatic carboxylic acids is 1. The lowest BCUT2D eigenvalue weighted by atomic mass is 10.0. The standard InChI is InChI=1S/C15H26N2O4/c1-12-3-2-7-17(11-12)15(20)16-8-4-13(5-9-16)21-10-6-14(18)19/h12-13H,2-11H2,1H3,(H,18,19). The van der Waals surface area contributed by atoms with Gasteiger partial charge in [0.2, 0.25) is 0 Å². The number of carboxylic acid groups (broad SMARTS) is 1. The van der Waals surface area contributed by atoms with Crippen molar-refractivity contribution in [1.82, 2.24) is 9.80 Å². The van der Waals surface area contributed by atoms with Crippen LogP contribution in [0.3, 0.4) is 0 Å². The van der Waals surface area contributed by atoms with Crippen molar-refractivity contribution < 1.29 is 19.4 Å². The summed E-state index contributed by atoms with van der Waals surface area (Å²) >= 11 is 0. The Bertz CT molecular complexity index is 367. The Morgan fingerprint density at radius 1 is 1.14 bits per heavy atom. The Morgan fingerprint density at radius 3 is 2.48 bits per heavy atom. The van der Waals surface area contributed by atoms with Crippen LogP contribution in [0.15, 0.2) is 0 Å². The van der Waals surface area contributed by atoms with E-state index >= 15 is 0 Å². The molecule has 0 aromatic rings. The molecule has 0 aromatic heterocycles. The van der Waals surface area contributed by atoms with Crippen molar-refractivity contribution in [1.29, 1.82) is 0 Å². The van der Waals surface area contributed by atoms with Gasteiger partial charge in [-0.05, 0) is 31.6 Å². The van der Waals surface area contributed by atoms with Crippen LogP contribution in [0, 0.1) is 5.92 Å². The van der Waals surface area contributed by atoms with Crippen molar-refractivity contribution in [3.63, 3.8) is 0 Å². The first-order valence-corrected chi connectivity index (χ1v) is 7.93. The molecule has 2 rings (SSSR count). The van der Waals surface area contributed by atoms with Crippen molar-refractivity contribution in [2.24, 2.45) is 5.92 Å². The van der Waals surface area contributed by atoms with E-state index in [0.717, 1.165) is 32.4 Å². The number of nitrogens with zero attached hydrogens (tertiary/aromatic N) is 2. The Kier molecular flexibility index (Phi) is 5.85. The molecule has 21 heavy (non-hydrogen) atoms. The topological polar surface area (TPSA) is 70.1 Å². The van der Waals surface area contributed by atoms with Crippen molar-refractivity contribution in [3.05, 3.63) is 0 Å². The first-order valence-electron chi connectivity index (χ1n) is 7.93. The highest BCUT2D eigenvalue weighted by Crippen LogP contribution is 2.20. The second-order valence-electron chi connectivity index (χ2n) is 6.18. The summed E-state index contributed by atoms with van der Waals surface area (Å²) in [5.74, 6) is -0.235. The van der Waals surface area contributed by atoms with Gasteiger partial charge in [0.05, 0.1) is 19.1 Å².